The van der Waals surface area contributed by atoms with E-state index < -0.39 is 29.1 Å². The van der Waals surface area contributed by atoms with Crippen LogP contribution in [-0.4, -0.2) is 38.7 Å². The maximum Gasteiger partial charge on any atom is 0.332 e. The lowest BCUT2D eigenvalue weighted by molar-refractivity contribution is -0.162. The molecule has 0 radical (unpaired) electrons. The van der Waals surface area contributed by atoms with Crippen molar-refractivity contribution in [3.05, 3.63) is 54.6 Å². The van der Waals surface area contributed by atoms with E-state index in [1.807, 2.05) is 30.3 Å². The predicted octanol–water partition coefficient (Wildman–Crippen LogP) is 3.06. The lowest BCUT2D eigenvalue weighted by atomic mass is 9.95. The lowest BCUT2D eigenvalue weighted by Crippen LogP contribution is -2.55. The van der Waals surface area contributed by atoms with Gasteiger partial charge >= 0.3 is 18.0 Å². The van der Waals surface area contributed by atoms with E-state index in [0.717, 1.165) is 5.56 Å². The molecule has 8 heteroatoms. The Morgan fingerprint density at radius 3 is 2.38 bits per heavy atom. The fraction of sp³-hybridized carbons (Fsp3) is 0.429. The average Bonchev–Trinajstić information content (AvgIpc) is 3.19. The summed E-state index contributed by atoms with van der Waals surface area (Å²) in [4.78, 5) is 41.2. The second-order valence-electron chi connectivity index (χ2n) is 7.88. The summed E-state index contributed by atoms with van der Waals surface area (Å²) in [5.74, 6) is -1.10. The van der Waals surface area contributed by atoms with E-state index in [0.29, 0.717) is 0 Å². The van der Waals surface area contributed by atoms with Crippen LogP contribution in [0.4, 0.5) is 4.79 Å². The molecule has 0 aliphatic carbocycles. The van der Waals surface area contributed by atoms with Gasteiger partial charge in [0.2, 0.25) is 0 Å². The minimum atomic E-state index is -1.42. The third kappa shape index (κ3) is 7.06. The number of hydrogen-bond donors (Lipinski definition) is 1. The Balaban J connectivity index is 2.02. The molecule has 0 unspecified atom stereocenters. The van der Waals surface area contributed by atoms with Crippen molar-refractivity contribution in [2.75, 3.05) is 0 Å². The molecule has 1 heterocycles. The molecule has 1 aromatic carbocycles. The molecule has 0 aliphatic rings. The number of rotatable bonds is 7. The highest BCUT2D eigenvalue weighted by molar-refractivity contribution is 5.88. The van der Waals surface area contributed by atoms with Crippen LogP contribution in [0.5, 0.6) is 0 Å². The Kier molecular flexibility index (Phi) is 7.14. The highest BCUT2D eigenvalue weighted by atomic mass is 16.6. The molecule has 0 saturated carbocycles. The first-order chi connectivity index (χ1) is 13.6. The van der Waals surface area contributed by atoms with Gasteiger partial charge < -0.3 is 14.8 Å². The second kappa shape index (κ2) is 9.36. The molecule has 156 valence electrons. The molecule has 29 heavy (non-hydrogen) atoms. The number of carbonyl (C=O) groups excluding carboxylic acids is 3. The first-order valence-electron chi connectivity index (χ1n) is 9.32. The minimum absolute atomic E-state index is 0.0238. The molecule has 1 N–H and O–H groups in total. The van der Waals surface area contributed by atoms with Crippen LogP contribution in [0, 0.1) is 0 Å². The van der Waals surface area contributed by atoms with E-state index in [9.17, 15) is 14.4 Å². The number of hydrogen-bond acceptors (Lipinski definition) is 6. The summed E-state index contributed by atoms with van der Waals surface area (Å²) < 4.78 is 11.9. The van der Waals surface area contributed by atoms with Crippen LogP contribution in [0.15, 0.2) is 49.1 Å². The van der Waals surface area contributed by atoms with Crippen molar-refractivity contribution in [2.24, 2.45) is 0 Å². The van der Waals surface area contributed by atoms with Crippen LogP contribution in [-0.2, 0) is 25.7 Å². The van der Waals surface area contributed by atoms with Crippen LogP contribution >= 0.6 is 0 Å². The number of esters is 2. The highest BCUT2D eigenvalue weighted by Gasteiger charge is 2.39. The molecule has 8 nitrogen and oxygen atoms in total. The smallest absolute Gasteiger partial charge is 0.332 e. The number of nitrogens with one attached hydrogen (secondary N) is 1. The van der Waals surface area contributed by atoms with Crippen LogP contribution < -0.4 is 5.32 Å². The molecular weight excluding hydrogens is 374 g/mol. The van der Waals surface area contributed by atoms with Crippen LogP contribution in [0.25, 0.3) is 0 Å². The van der Waals surface area contributed by atoms with Gasteiger partial charge in [0.25, 0.3) is 0 Å². The summed E-state index contributed by atoms with van der Waals surface area (Å²) in [6, 6.07) is 8.74. The van der Waals surface area contributed by atoms with Crippen molar-refractivity contribution < 1.29 is 23.9 Å². The summed E-state index contributed by atoms with van der Waals surface area (Å²) in [7, 11) is 0. The van der Waals surface area contributed by atoms with Crippen LogP contribution in [0.1, 0.15) is 46.1 Å². The SMILES string of the molecule is CC(C)(C)OC(=O)[C@@](C)(CCC(=O)OCc1ccccc1)NC(=O)n1ccnc1. The zero-order chi connectivity index (χ0) is 21.5. The maximum atomic E-state index is 12.8. The van der Waals surface area contributed by atoms with Crippen molar-refractivity contribution in [3.63, 3.8) is 0 Å². The normalized spacial score (nSPS) is 13.2. The maximum absolute atomic E-state index is 12.8. The number of imidazole rings is 1. The average molecular weight is 401 g/mol. The Morgan fingerprint density at radius 2 is 1.79 bits per heavy atom. The number of amides is 1. The van der Waals surface area contributed by atoms with E-state index in [4.69, 9.17) is 9.47 Å². The largest absolute Gasteiger partial charge is 0.461 e. The number of ether oxygens (including phenoxy) is 2. The standard InChI is InChI=1S/C21H27N3O5/c1-20(2,3)29-18(26)21(4,23-19(27)24-13-12-22-15-24)11-10-17(25)28-14-16-8-6-5-7-9-16/h5-9,12-13,15H,10-11,14H2,1-4H3,(H,23,27)/t21-/m1/s1. The predicted molar refractivity (Wildman–Crippen MR) is 106 cm³/mol. The first kappa shape index (κ1) is 22.1. The Bertz CT molecular complexity index is 828. The van der Waals surface area contributed by atoms with Gasteiger partial charge in [-0.3, -0.25) is 9.36 Å². The fourth-order valence-electron chi connectivity index (χ4n) is 2.45. The fourth-order valence-corrected chi connectivity index (χ4v) is 2.45. The van der Waals surface area contributed by atoms with Crippen molar-refractivity contribution >= 4 is 18.0 Å². The molecule has 0 aliphatic heterocycles. The molecule has 0 spiro atoms. The summed E-state index contributed by atoms with van der Waals surface area (Å²) in [5, 5.41) is 2.65. The number of nitrogens with zero attached hydrogens (tertiary/aromatic N) is 2. The van der Waals surface area contributed by atoms with Gasteiger partial charge in [-0.15, -0.1) is 0 Å². The van der Waals surface area contributed by atoms with Gasteiger partial charge in [-0.1, -0.05) is 30.3 Å². The summed E-state index contributed by atoms with van der Waals surface area (Å²) >= 11 is 0. The molecule has 1 aromatic heterocycles. The summed E-state index contributed by atoms with van der Waals surface area (Å²) in [5.41, 5.74) is -1.30. The molecular formula is C21H27N3O5. The zero-order valence-corrected chi connectivity index (χ0v) is 17.2. The molecule has 1 atom stereocenters. The number of aromatic nitrogens is 2. The van der Waals surface area contributed by atoms with E-state index in [-0.39, 0.29) is 19.4 Å². The van der Waals surface area contributed by atoms with E-state index in [2.05, 4.69) is 10.3 Å². The van der Waals surface area contributed by atoms with Crippen molar-refractivity contribution in [1.82, 2.24) is 14.9 Å². The monoisotopic (exact) mass is 401 g/mol. The summed E-state index contributed by atoms with van der Waals surface area (Å²) in [6.45, 7) is 6.87. The molecule has 2 rings (SSSR count). The Hall–Kier alpha value is -3.16. The second-order valence-corrected chi connectivity index (χ2v) is 7.88. The Labute approximate surface area is 170 Å². The van der Waals surface area contributed by atoms with Gasteiger partial charge in [0.1, 0.15) is 24.1 Å². The van der Waals surface area contributed by atoms with Gasteiger partial charge in [0.15, 0.2) is 0 Å². The van der Waals surface area contributed by atoms with E-state index in [1.165, 1.54) is 30.2 Å². The number of benzene rings is 1. The topological polar surface area (TPSA) is 99.5 Å². The highest BCUT2D eigenvalue weighted by Crippen LogP contribution is 2.20. The molecule has 1 amide bonds. The van der Waals surface area contributed by atoms with Crippen molar-refractivity contribution in [3.8, 4) is 0 Å². The van der Waals surface area contributed by atoms with Crippen molar-refractivity contribution in [2.45, 2.75) is 58.3 Å². The zero-order valence-electron chi connectivity index (χ0n) is 17.2. The molecule has 0 bridgehead atoms. The van der Waals surface area contributed by atoms with Gasteiger partial charge in [0, 0.05) is 18.8 Å². The minimum Gasteiger partial charge on any atom is -0.461 e. The third-order valence-corrected chi connectivity index (χ3v) is 4.04. The van der Waals surface area contributed by atoms with Crippen LogP contribution in [0.2, 0.25) is 0 Å². The summed E-state index contributed by atoms with van der Waals surface area (Å²) in [6.07, 6.45) is 4.19. The van der Waals surface area contributed by atoms with E-state index in [1.54, 1.807) is 20.8 Å². The number of carbonyl (C=O) groups is 3. The van der Waals surface area contributed by atoms with E-state index >= 15 is 0 Å². The quantitative estimate of drug-likeness (QED) is 0.716. The third-order valence-electron chi connectivity index (χ3n) is 4.04. The van der Waals surface area contributed by atoms with Gasteiger partial charge in [0.05, 0.1) is 0 Å². The molecule has 2 aromatic rings. The van der Waals surface area contributed by atoms with Crippen LogP contribution in [0.3, 0.4) is 0 Å². The van der Waals surface area contributed by atoms with Gasteiger partial charge in [-0.2, -0.15) is 0 Å². The lowest BCUT2D eigenvalue weighted by Gasteiger charge is -2.32. The first-order valence-corrected chi connectivity index (χ1v) is 9.32. The molecule has 0 fully saturated rings. The van der Waals surface area contributed by atoms with Crippen molar-refractivity contribution in [1.29, 1.82) is 0 Å². The molecule has 0 saturated heterocycles. The van der Waals surface area contributed by atoms with Gasteiger partial charge in [-0.25, -0.2) is 14.6 Å². The Morgan fingerprint density at radius 1 is 1.10 bits per heavy atom. The van der Waals surface area contributed by atoms with Gasteiger partial charge in [-0.05, 0) is 39.7 Å².